The molecule has 4 rings (SSSR count). The molecule has 0 aliphatic heterocycles. The summed E-state index contributed by atoms with van der Waals surface area (Å²) in [7, 11) is 1.69. The van der Waals surface area contributed by atoms with Crippen molar-refractivity contribution in [3.05, 3.63) is 79.1 Å². The number of anilines is 1. The van der Waals surface area contributed by atoms with Gasteiger partial charge in [-0.25, -0.2) is 0 Å². The average molecular weight is 437 g/mol. The van der Waals surface area contributed by atoms with Crippen molar-refractivity contribution in [1.82, 2.24) is 9.78 Å². The predicted octanol–water partition coefficient (Wildman–Crippen LogP) is 5.30. The first-order valence-corrected chi connectivity index (χ1v) is 9.78. The molecule has 3 aromatic rings. The second-order valence-corrected chi connectivity index (χ2v) is 7.64. The number of nitrogens with zero attached hydrogens (tertiary/aromatic N) is 2. The quantitative estimate of drug-likeness (QED) is 0.603. The Kier molecular flexibility index (Phi) is 5.23. The van der Waals surface area contributed by atoms with Crippen molar-refractivity contribution in [2.75, 3.05) is 12.4 Å². The van der Waals surface area contributed by atoms with Crippen molar-refractivity contribution >= 4 is 40.5 Å². The van der Waals surface area contributed by atoms with E-state index in [-0.39, 0.29) is 16.1 Å². The van der Waals surface area contributed by atoms with Crippen LogP contribution in [0.3, 0.4) is 0 Å². The van der Waals surface area contributed by atoms with Crippen molar-refractivity contribution in [2.24, 2.45) is 0 Å². The summed E-state index contributed by atoms with van der Waals surface area (Å²) < 4.78 is 6.63. The highest BCUT2D eigenvalue weighted by Crippen LogP contribution is 2.39. The lowest BCUT2D eigenvalue weighted by molar-refractivity contribution is 0.410. The van der Waals surface area contributed by atoms with Crippen LogP contribution in [0.2, 0.25) is 15.1 Å². The molecule has 1 aliphatic rings. The van der Waals surface area contributed by atoms with E-state index in [1.165, 1.54) is 22.0 Å². The number of nitrogens with one attached hydrogen (secondary N) is 1. The highest BCUT2D eigenvalue weighted by Gasteiger charge is 2.25. The lowest BCUT2D eigenvalue weighted by Crippen LogP contribution is -2.21. The molecule has 1 unspecified atom stereocenters. The fourth-order valence-electron chi connectivity index (χ4n) is 3.50. The van der Waals surface area contributed by atoms with Crippen molar-refractivity contribution in [2.45, 2.75) is 18.9 Å². The molecule has 1 heterocycles. The van der Waals surface area contributed by atoms with Crippen molar-refractivity contribution in [3.8, 4) is 11.4 Å². The zero-order valence-corrected chi connectivity index (χ0v) is 17.1. The molecule has 1 N–H and O–H groups in total. The third kappa shape index (κ3) is 3.34. The Balaban J connectivity index is 1.63. The molecule has 0 spiro atoms. The molecule has 144 valence electrons. The van der Waals surface area contributed by atoms with Gasteiger partial charge < -0.3 is 10.1 Å². The second-order valence-electron chi connectivity index (χ2n) is 6.45. The first-order chi connectivity index (χ1) is 13.5. The topological polar surface area (TPSA) is 56.1 Å². The number of halogens is 3. The lowest BCUT2D eigenvalue weighted by Gasteiger charge is -2.18. The van der Waals surface area contributed by atoms with Gasteiger partial charge in [-0.3, -0.25) is 4.79 Å². The van der Waals surface area contributed by atoms with Gasteiger partial charge >= 0.3 is 0 Å². The molecule has 1 aromatic heterocycles. The number of ether oxygens (including phenoxy) is 1. The van der Waals surface area contributed by atoms with Crippen LogP contribution in [0.4, 0.5) is 5.69 Å². The van der Waals surface area contributed by atoms with E-state index in [4.69, 9.17) is 39.5 Å². The normalized spacial score (nSPS) is 15.4. The third-order valence-electron chi connectivity index (χ3n) is 4.85. The minimum Gasteiger partial charge on any atom is -0.496 e. The highest BCUT2D eigenvalue weighted by atomic mass is 35.5. The van der Waals surface area contributed by atoms with Gasteiger partial charge in [0.05, 0.1) is 40.8 Å². The fraction of sp³-hybridized carbons (Fsp3) is 0.200. The standard InChI is InChI=1S/C20H16Cl3N3O2/c1-28-18-4-2-3-12-13(18)6-8-16(12)25-17-7-5-11(9-14(17)21)26-20(27)19(23)15(22)10-24-26/h2-5,7,9-10,16,25H,6,8H2,1H3. The van der Waals surface area contributed by atoms with E-state index in [0.29, 0.717) is 10.7 Å². The van der Waals surface area contributed by atoms with E-state index in [9.17, 15) is 4.79 Å². The monoisotopic (exact) mass is 435 g/mol. The maximum atomic E-state index is 12.3. The molecule has 0 saturated heterocycles. The molecular weight excluding hydrogens is 421 g/mol. The Morgan fingerprint density at radius 1 is 1.18 bits per heavy atom. The predicted molar refractivity (Wildman–Crippen MR) is 113 cm³/mol. The summed E-state index contributed by atoms with van der Waals surface area (Å²) in [6.07, 6.45) is 3.21. The zero-order valence-electron chi connectivity index (χ0n) is 14.9. The van der Waals surface area contributed by atoms with Crippen LogP contribution in [0.25, 0.3) is 5.69 Å². The Morgan fingerprint density at radius 3 is 2.75 bits per heavy atom. The fourth-order valence-corrected chi connectivity index (χ4v) is 3.98. The number of aromatic nitrogens is 2. The molecule has 2 aromatic carbocycles. The van der Waals surface area contributed by atoms with Crippen LogP contribution in [-0.4, -0.2) is 16.9 Å². The lowest BCUT2D eigenvalue weighted by atomic mass is 10.1. The first kappa shape index (κ1) is 19.1. The van der Waals surface area contributed by atoms with Gasteiger partial charge in [0.1, 0.15) is 10.8 Å². The van der Waals surface area contributed by atoms with E-state index >= 15 is 0 Å². The molecule has 0 saturated carbocycles. The Hall–Kier alpha value is -2.21. The van der Waals surface area contributed by atoms with Gasteiger partial charge in [-0.2, -0.15) is 9.78 Å². The molecule has 0 bridgehead atoms. The van der Waals surface area contributed by atoms with Crippen LogP contribution < -0.4 is 15.6 Å². The number of hydrogen-bond acceptors (Lipinski definition) is 4. The highest BCUT2D eigenvalue weighted by molar-refractivity contribution is 6.41. The third-order valence-corrected chi connectivity index (χ3v) is 5.91. The van der Waals surface area contributed by atoms with Crippen LogP contribution in [0.5, 0.6) is 5.75 Å². The SMILES string of the molecule is COc1cccc2c1CCC2Nc1ccc(-n2ncc(Cl)c(Cl)c2=O)cc1Cl. The van der Waals surface area contributed by atoms with E-state index < -0.39 is 5.56 Å². The minimum absolute atomic E-state index is 0.0773. The number of methoxy groups -OCH3 is 1. The number of hydrogen-bond donors (Lipinski definition) is 1. The maximum absolute atomic E-state index is 12.3. The molecule has 0 fully saturated rings. The van der Waals surface area contributed by atoms with Gasteiger partial charge in [-0.05, 0) is 48.2 Å². The Bertz CT molecular complexity index is 1110. The van der Waals surface area contributed by atoms with E-state index in [1.54, 1.807) is 19.2 Å². The molecule has 0 radical (unpaired) electrons. The molecule has 28 heavy (non-hydrogen) atoms. The maximum Gasteiger partial charge on any atom is 0.291 e. The Morgan fingerprint density at radius 2 is 2.00 bits per heavy atom. The van der Waals surface area contributed by atoms with Gasteiger partial charge in [-0.1, -0.05) is 46.9 Å². The smallest absolute Gasteiger partial charge is 0.291 e. The number of benzene rings is 2. The summed E-state index contributed by atoms with van der Waals surface area (Å²) >= 11 is 18.2. The summed E-state index contributed by atoms with van der Waals surface area (Å²) in [4.78, 5) is 12.3. The largest absolute Gasteiger partial charge is 0.496 e. The van der Waals surface area contributed by atoms with E-state index in [0.717, 1.165) is 24.3 Å². The second kappa shape index (κ2) is 7.66. The molecule has 1 aliphatic carbocycles. The van der Waals surface area contributed by atoms with Crippen molar-refractivity contribution < 1.29 is 4.74 Å². The summed E-state index contributed by atoms with van der Waals surface area (Å²) in [5.74, 6) is 0.910. The van der Waals surface area contributed by atoms with Crippen LogP contribution in [0.15, 0.2) is 47.4 Å². The van der Waals surface area contributed by atoms with Gasteiger partial charge in [-0.15, -0.1) is 0 Å². The van der Waals surface area contributed by atoms with Crippen molar-refractivity contribution in [1.29, 1.82) is 0 Å². The van der Waals surface area contributed by atoms with Crippen LogP contribution >= 0.6 is 34.8 Å². The Labute approximate surface area is 176 Å². The zero-order chi connectivity index (χ0) is 19.8. The van der Waals surface area contributed by atoms with Gasteiger partial charge in [0, 0.05) is 0 Å². The van der Waals surface area contributed by atoms with Crippen LogP contribution in [0, 0.1) is 0 Å². The van der Waals surface area contributed by atoms with Gasteiger partial charge in [0.15, 0.2) is 0 Å². The van der Waals surface area contributed by atoms with Gasteiger partial charge in [0.2, 0.25) is 0 Å². The summed E-state index contributed by atoms with van der Waals surface area (Å²) in [6.45, 7) is 0. The summed E-state index contributed by atoms with van der Waals surface area (Å²) in [6, 6.07) is 11.5. The first-order valence-electron chi connectivity index (χ1n) is 8.65. The summed E-state index contributed by atoms with van der Waals surface area (Å²) in [5, 5.41) is 8.03. The minimum atomic E-state index is -0.497. The molecule has 5 nitrogen and oxygen atoms in total. The van der Waals surface area contributed by atoms with Crippen LogP contribution in [0.1, 0.15) is 23.6 Å². The average Bonchev–Trinajstić information content (AvgIpc) is 3.11. The molecule has 1 atom stereocenters. The summed E-state index contributed by atoms with van der Waals surface area (Å²) in [5.41, 5.74) is 3.22. The van der Waals surface area contributed by atoms with Gasteiger partial charge in [0.25, 0.3) is 5.56 Å². The number of rotatable bonds is 4. The molecular formula is C20H16Cl3N3O2. The van der Waals surface area contributed by atoms with Crippen molar-refractivity contribution in [3.63, 3.8) is 0 Å². The molecule has 8 heteroatoms. The van der Waals surface area contributed by atoms with Crippen LogP contribution in [-0.2, 0) is 6.42 Å². The van der Waals surface area contributed by atoms with E-state index in [2.05, 4.69) is 16.5 Å². The number of fused-ring (bicyclic) bond motifs is 1. The molecule has 0 amide bonds. The van der Waals surface area contributed by atoms with E-state index in [1.807, 2.05) is 18.2 Å².